The average Bonchev–Trinajstić information content (AvgIpc) is 3.09. The van der Waals surface area contributed by atoms with E-state index < -0.39 is 0 Å². The number of hydrogen-bond donors (Lipinski definition) is 2. The molecule has 6 nitrogen and oxygen atoms in total. The number of likely N-dealkylation sites (tertiary alicyclic amines) is 2. The van der Waals surface area contributed by atoms with Crippen LogP contribution in [0.15, 0.2) is 4.99 Å². The number of hydrogen-bond acceptors (Lipinski definition) is 3. The van der Waals surface area contributed by atoms with Crippen molar-refractivity contribution in [1.82, 2.24) is 20.4 Å². The van der Waals surface area contributed by atoms with Crippen LogP contribution in [0.4, 0.5) is 0 Å². The van der Waals surface area contributed by atoms with E-state index in [1.807, 2.05) is 18.7 Å². The highest BCUT2D eigenvalue weighted by molar-refractivity contribution is 5.81. The Morgan fingerprint density at radius 3 is 2.70 bits per heavy atom. The molecule has 0 aromatic carbocycles. The molecule has 0 aromatic rings. The molecule has 2 rings (SSSR count). The SMILES string of the molecule is CCNC(=NCCCCN1CCCC(C)C1)NC1CCN(C(=O)C(C)C)C1. The van der Waals surface area contributed by atoms with E-state index in [1.54, 1.807) is 0 Å². The highest BCUT2D eigenvalue weighted by Gasteiger charge is 2.27. The summed E-state index contributed by atoms with van der Waals surface area (Å²) in [6, 6.07) is 0.306. The van der Waals surface area contributed by atoms with Crippen molar-refractivity contribution in [3.8, 4) is 0 Å². The van der Waals surface area contributed by atoms with Gasteiger partial charge in [-0.1, -0.05) is 20.8 Å². The Balaban J connectivity index is 1.68. The monoisotopic (exact) mass is 379 g/mol. The number of unbranched alkanes of at least 4 members (excludes halogenated alkanes) is 1. The van der Waals surface area contributed by atoms with Crippen LogP contribution in [0.1, 0.15) is 59.8 Å². The van der Waals surface area contributed by atoms with E-state index in [4.69, 9.17) is 4.99 Å². The molecule has 156 valence electrons. The van der Waals surface area contributed by atoms with Gasteiger partial charge in [0.1, 0.15) is 0 Å². The number of nitrogens with zero attached hydrogens (tertiary/aromatic N) is 3. The van der Waals surface area contributed by atoms with Gasteiger partial charge < -0.3 is 20.4 Å². The number of guanidine groups is 1. The third-order valence-corrected chi connectivity index (χ3v) is 5.57. The summed E-state index contributed by atoms with van der Waals surface area (Å²) in [7, 11) is 0. The Bertz CT molecular complexity index is 479. The predicted octanol–water partition coefficient (Wildman–Crippen LogP) is 2.31. The molecule has 0 radical (unpaired) electrons. The van der Waals surface area contributed by atoms with E-state index in [1.165, 1.54) is 38.9 Å². The highest BCUT2D eigenvalue weighted by atomic mass is 16.2. The normalized spacial score (nSPS) is 24.5. The zero-order chi connectivity index (χ0) is 19.6. The van der Waals surface area contributed by atoms with Crippen LogP contribution < -0.4 is 10.6 Å². The first-order chi connectivity index (χ1) is 13.0. The number of carbonyl (C=O) groups is 1. The van der Waals surface area contributed by atoms with Gasteiger partial charge >= 0.3 is 0 Å². The maximum atomic E-state index is 12.1. The smallest absolute Gasteiger partial charge is 0.225 e. The van der Waals surface area contributed by atoms with E-state index in [0.717, 1.165) is 50.9 Å². The highest BCUT2D eigenvalue weighted by Crippen LogP contribution is 2.16. The first-order valence-corrected chi connectivity index (χ1v) is 11.1. The molecule has 0 spiro atoms. The van der Waals surface area contributed by atoms with Gasteiger partial charge in [-0.3, -0.25) is 9.79 Å². The minimum Gasteiger partial charge on any atom is -0.357 e. The average molecular weight is 380 g/mol. The summed E-state index contributed by atoms with van der Waals surface area (Å²) in [5.41, 5.74) is 0. The van der Waals surface area contributed by atoms with Gasteiger partial charge in [-0.05, 0) is 58.0 Å². The molecule has 2 aliphatic rings. The van der Waals surface area contributed by atoms with E-state index >= 15 is 0 Å². The van der Waals surface area contributed by atoms with Gasteiger partial charge in [0, 0.05) is 44.7 Å². The van der Waals surface area contributed by atoms with E-state index in [0.29, 0.717) is 6.04 Å². The minimum atomic E-state index is 0.0774. The summed E-state index contributed by atoms with van der Waals surface area (Å²) in [4.78, 5) is 21.5. The van der Waals surface area contributed by atoms with E-state index in [-0.39, 0.29) is 11.8 Å². The lowest BCUT2D eigenvalue weighted by atomic mass is 10.0. The van der Waals surface area contributed by atoms with Crippen molar-refractivity contribution in [3.63, 3.8) is 0 Å². The second-order valence-electron chi connectivity index (χ2n) is 8.58. The Hall–Kier alpha value is -1.30. The molecule has 2 N–H and O–H groups in total. The van der Waals surface area contributed by atoms with Gasteiger partial charge in [0.2, 0.25) is 5.91 Å². The quantitative estimate of drug-likeness (QED) is 0.386. The summed E-state index contributed by atoms with van der Waals surface area (Å²) >= 11 is 0. The number of piperidine rings is 1. The fourth-order valence-corrected chi connectivity index (χ4v) is 4.08. The van der Waals surface area contributed by atoms with Crippen molar-refractivity contribution in [3.05, 3.63) is 0 Å². The van der Waals surface area contributed by atoms with Crippen LogP contribution in [-0.2, 0) is 4.79 Å². The molecule has 2 atom stereocenters. The topological polar surface area (TPSA) is 60.0 Å². The van der Waals surface area contributed by atoms with Crippen LogP contribution in [0.3, 0.4) is 0 Å². The van der Waals surface area contributed by atoms with Crippen molar-refractivity contribution in [2.45, 2.75) is 65.8 Å². The number of nitrogens with one attached hydrogen (secondary N) is 2. The molecule has 0 aromatic heterocycles. The number of aliphatic imine (C=N–C) groups is 1. The van der Waals surface area contributed by atoms with Gasteiger partial charge in [0.25, 0.3) is 0 Å². The molecule has 2 saturated heterocycles. The maximum absolute atomic E-state index is 12.1. The first kappa shape index (κ1) is 22.0. The third-order valence-electron chi connectivity index (χ3n) is 5.57. The summed E-state index contributed by atoms with van der Waals surface area (Å²) in [5.74, 6) is 2.09. The molecule has 2 fully saturated rings. The summed E-state index contributed by atoms with van der Waals surface area (Å²) in [6.45, 7) is 15.5. The number of rotatable bonds is 8. The lowest BCUT2D eigenvalue weighted by Crippen LogP contribution is -2.45. The van der Waals surface area contributed by atoms with Gasteiger partial charge in [0.15, 0.2) is 5.96 Å². The molecule has 0 saturated carbocycles. The fourth-order valence-electron chi connectivity index (χ4n) is 4.08. The van der Waals surface area contributed by atoms with Crippen LogP contribution in [0.2, 0.25) is 0 Å². The predicted molar refractivity (Wildman–Crippen MR) is 113 cm³/mol. The van der Waals surface area contributed by atoms with Gasteiger partial charge in [-0.15, -0.1) is 0 Å². The molecule has 27 heavy (non-hydrogen) atoms. The van der Waals surface area contributed by atoms with Crippen molar-refractivity contribution in [2.75, 3.05) is 45.8 Å². The van der Waals surface area contributed by atoms with Crippen LogP contribution in [0.5, 0.6) is 0 Å². The Morgan fingerprint density at radius 2 is 2.00 bits per heavy atom. The van der Waals surface area contributed by atoms with Crippen LogP contribution >= 0.6 is 0 Å². The fraction of sp³-hybridized carbons (Fsp3) is 0.905. The zero-order valence-electron chi connectivity index (χ0n) is 18.0. The maximum Gasteiger partial charge on any atom is 0.225 e. The van der Waals surface area contributed by atoms with Crippen LogP contribution in [0.25, 0.3) is 0 Å². The number of amides is 1. The van der Waals surface area contributed by atoms with E-state index in [2.05, 4.69) is 29.4 Å². The Labute approximate surface area is 166 Å². The Kier molecular flexibility index (Phi) is 9.39. The van der Waals surface area contributed by atoms with Crippen LogP contribution in [-0.4, -0.2) is 73.5 Å². The van der Waals surface area contributed by atoms with Crippen molar-refractivity contribution in [1.29, 1.82) is 0 Å². The summed E-state index contributed by atoms with van der Waals surface area (Å²) in [5, 5.41) is 6.87. The lowest BCUT2D eigenvalue weighted by molar-refractivity contribution is -0.133. The minimum absolute atomic E-state index is 0.0774. The molecule has 2 unspecified atom stereocenters. The molecule has 6 heteroatoms. The number of carbonyl (C=O) groups excluding carboxylic acids is 1. The molecular weight excluding hydrogens is 338 g/mol. The zero-order valence-corrected chi connectivity index (χ0v) is 18.0. The molecule has 0 aliphatic carbocycles. The molecule has 0 bridgehead atoms. The van der Waals surface area contributed by atoms with Crippen LogP contribution in [0, 0.1) is 11.8 Å². The van der Waals surface area contributed by atoms with Crippen molar-refractivity contribution >= 4 is 11.9 Å². The van der Waals surface area contributed by atoms with Gasteiger partial charge in [0.05, 0.1) is 0 Å². The third kappa shape index (κ3) is 7.68. The standard InChI is InChI=1S/C21H41N5O/c1-5-22-21(24-19-10-14-26(16-19)20(27)17(2)3)23-11-6-7-12-25-13-8-9-18(4)15-25/h17-19H,5-16H2,1-4H3,(H2,22,23,24). The molecule has 2 aliphatic heterocycles. The molecular formula is C21H41N5O. The second-order valence-corrected chi connectivity index (χ2v) is 8.58. The van der Waals surface area contributed by atoms with Gasteiger partial charge in [-0.25, -0.2) is 0 Å². The van der Waals surface area contributed by atoms with Crippen molar-refractivity contribution in [2.24, 2.45) is 16.8 Å². The molecule has 2 heterocycles. The van der Waals surface area contributed by atoms with E-state index in [9.17, 15) is 4.79 Å². The van der Waals surface area contributed by atoms with Crippen molar-refractivity contribution < 1.29 is 4.79 Å². The Morgan fingerprint density at radius 1 is 1.19 bits per heavy atom. The van der Waals surface area contributed by atoms with Gasteiger partial charge in [-0.2, -0.15) is 0 Å². The molecule has 1 amide bonds. The lowest BCUT2D eigenvalue weighted by Gasteiger charge is -2.30. The largest absolute Gasteiger partial charge is 0.357 e. The summed E-state index contributed by atoms with van der Waals surface area (Å²) in [6.07, 6.45) is 6.08. The summed E-state index contributed by atoms with van der Waals surface area (Å²) < 4.78 is 0. The first-order valence-electron chi connectivity index (χ1n) is 11.1. The second kappa shape index (κ2) is 11.5.